The smallest absolute Gasteiger partial charge is 0.248 e. The minimum atomic E-state index is -0.246. The molecule has 1 fully saturated rings. The van der Waals surface area contributed by atoms with E-state index < -0.39 is 0 Å². The number of hydrogen-bond acceptors (Lipinski definition) is 5. The van der Waals surface area contributed by atoms with E-state index >= 15 is 0 Å². The van der Waals surface area contributed by atoms with Crippen molar-refractivity contribution in [1.29, 1.82) is 0 Å². The van der Waals surface area contributed by atoms with Crippen molar-refractivity contribution >= 4 is 22.7 Å². The molecule has 1 aromatic carbocycles. The van der Waals surface area contributed by atoms with Crippen LogP contribution in [-0.4, -0.2) is 70.3 Å². The average molecular weight is 395 g/mol. The summed E-state index contributed by atoms with van der Waals surface area (Å²) in [7, 11) is 0. The van der Waals surface area contributed by atoms with Crippen LogP contribution in [0.5, 0.6) is 0 Å². The van der Waals surface area contributed by atoms with Gasteiger partial charge >= 0.3 is 0 Å². The highest BCUT2D eigenvalue weighted by Gasteiger charge is 2.31. The summed E-state index contributed by atoms with van der Waals surface area (Å²) in [5.41, 5.74) is 2.41. The molecule has 146 valence electrons. The molecule has 28 heavy (non-hydrogen) atoms. The Bertz CT molecular complexity index is 804. The van der Waals surface area contributed by atoms with Gasteiger partial charge in [-0.15, -0.1) is 11.8 Å². The Morgan fingerprint density at radius 2 is 1.89 bits per heavy atom. The predicted molar refractivity (Wildman–Crippen MR) is 115 cm³/mol. The van der Waals surface area contributed by atoms with Crippen LogP contribution in [0.4, 0.5) is 0 Å². The van der Waals surface area contributed by atoms with Crippen molar-refractivity contribution in [2.75, 3.05) is 38.5 Å². The summed E-state index contributed by atoms with van der Waals surface area (Å²) in [6.45, 7) is 4.63. The lowest BCUT2D eigenvalue weighted by atomic mass is 10.1. The van der Waals surface area contributed by atoms with Crippen LogP contribution < -0.4 is 0 Å². The van der Waals surface area contributed by atoms with E-state index in [4.69, 9.17) is 0 Å². The molecule has 2 aliphatic heterocycles. The van der Waals surface area contributed by atoms with Gasteiger partial charge in [0.25, 0.3) is 0 Å². The third-order valence-corrected chi connectivity index (χ3v) is 6.41. The maximum absolute atomic E-state index is 12.9. The molecule has 1 unspecified atom stereocenters. The number of nitrogens with zero attached hydrogens (tertiary/aromatic N) is 4. The van der Waals surface area contributed by atoms with Crippen LogP contribution in [0.2, 0.25) is 0 Å². The number of aryl methyl sites for hydroxylation is 1. The van der Waals surface area contributed by atoms with Crippen LogP contribution in [0.25, 0.3) is 0 Å². The van der Waals surface area contributed by atoms with Crippen molar-refractivity contribution in [3.05, 3.63) is 66.0 Å². The fourth-order valence-corrected chi connectivity index (χ4v) is 4.72. The third kappa shape index (κ3) is 4.80. The number of piperazine rings is 1. The molecule has 0 N–H and O–H groups in total. The number of pyridine rings is 1. The van der Waals surface area contributed by atoms with E-state index in [0.717, 1.165) is 61.9 Å². The summed E-state index contributed by atoms with van der Waals surface area (Å²) in [6.07, 6.45) is 5.85. The van der Waals surface area contributed by atoms with Crippen LogP contribution in [0, 0.1) is 0 Å². The maximum Gasteiger partial charge on any atom is 0.248 e. The Hall–Kier alpha value is -2.18. The SMILES string of the molecule is O=C(C1CSC(c2cccnc2)=N1)N1CCN(CCCc2ccccc2)CC1. The number of thioether (sulfide) groups is 1. The average Bonchev–Trinajstić information content (AvgIpc) is 3.25. The molecule has 0 radical (unpaired) electrons. The van der Waals surface area contributed by atoms with Gasteiger partial charge in [0.05, 0.1) is 0 Å². The van der Waals surface area contributed by atoms with E-state index in [1.165, 1.54) is 5.56 Å². The van der Waals surface area contributed by atoms with Crippen molar-refractivity contribution in [1.82, 2.24) is 14.8 Å². The Kier molecular flexibility index (Phi) is 6.39. The summed E-state index contributed by atoms with van der Waals surface area (Å²) >= 11 is 1.66. The molecule has 4 rings (SSSR count). The summed E-state index contributed by atoms with van der Waals surface area (Å²) in [5, 5.41) is 0.936. The summed E-state index contributed by atoms with van der Waals surface area (Å²) in [6, 6.07) is 14.3. The van der Waals surface area contributed by atoms with Gasteiger partial charge in [0.2, 0.25) is 5.91 Å². The van der Waals surface area contributed by atoms with Crippen molar-refractivity contribution in [3.8, 4) is 0 Å². The molecule has 5 nitrogen and oxygen atoms in total. The first-order valence-electron chi connectivity index (χ1n) is 9.96. The fourth-order valence-electron chi connectivity index (χ4n) is 3.70. The van der Waals surface area contributed by atoms with Crippen molar-refractivity contribution in [2.45, 2.75) is 18.9 Å². The second-order valence-corrected chi connectivity index (χ2v) is 8.27. The lowest BCUT2D eigenvalue weighted by molar-refractivity contribution is -0.133. The highest BCUT2D eigenvalue weighted by atomic mass is 32.2. The van der Waals surface area contributed by atoms with Crippen LogP contribution in [0.15, 0.2) is 59.9 Å². The number of carbonyl (C=O) groups excluding carboxylic acids is 1. The highest BCUT2D eigenvalue weighted by molar-refractivity contribution is 8.14. The van der Waals surface area contributed by atoms with Gasteiger partial charge in [-0.25, -0.2) is 0 Å². The number of aromatic nitrogens is 1. The normalized spacial score (nSPS) is 20.2. The summed E-state index contributed by atoms with van der Waals surface area (Å²) < 4.78 is 0. The Labute approximate surface area is 170 Å². The third-order valence-electron chi connectivity index (χ3n) is 5.31. The first-order chi connectivity index (χ1) is 13.8. The van der Waals surface area contributed by atoms with E-state index in [1.807, 2.05) is 23.2 Å². The molecular formula is C22H26N4OS. The zero-order chi connectivity index (χ0) is 19.2. The van der Waals surface area contributed by atoms with E-state index in [0.29, 0.717) is 0 Å². The van der Waals surface area contributed by atoms with Gasteiger partial charge in [0, 0.05) is 49.9 Å². The quantitative estimate of drug-likeness (QED) is 0.756. The summed E-state index contributed by atoms with van der Waals surface area (Å²) in [5.74, 6) is 0.913. The molecule has 0 spiro atoms. The molecule has 0 saturated carbocycles. The number of hydrogen-bond donors (Lipinski definition) is 0. The van der Waals surface area contributed by atoms with Crippen LogP contribution >= 0.6 is 11.8 Å². The Balaban J connectivity index is 1.23. The molecule has 0 aliphatic carbocycles. The molecule has 1 atom stereocenters. The van der Waals surface area contributed by atoms with Gasteiger partial charge in [-0.2, -0.15) is 0 Å². The molecule has 2 aromatic rings. The second kappa shape index (κ2) is 9.34. The number of carbonyl (C=O) groups is 1. The largest absolute Gasteiger partial charge is 0.338 e. The zero-order valence-electron chi connectivity index (χ0n) is 16.0. The molecule has 6 heteroatoms. The van der Waals surface area contributed by atoms with Crippen LogP contribution in [-0.2, 0) is 11.2 Å². The Morgan fingerprint density at radius 3 is 2.64 bits per heavy atom. The number of aliphatic imine (C=N–C) groups is 1. The van der Waals surface area contributed by atoms with Crippen molar-refractivity contribution in [2.24, 2.45) is 4.99 Å². The van der Waals surface area contributed by atoms with Gasteiger partial charge in [0.15, 0.2) is 0 Å². The second-order valence-electron chi connectivity index (χ2n) is 7.26. The lowest BCUT2D eigenvalue weighted by Gasteiger charge is -2.35. The van der Waals surface area contributed by atoms with E-state index in [-0.39, 0.29) is 11.9 Å². The number of benzene rings is 1. The van der Waals surface area contributed by atoms with E-state index in [1.54, 1.807) is 18.0 Å². The molecule has 1 aromatic heterocycles. The van der Waals surface area contributed by atoms with Gasteiger partial charge in [0.1, 0.15) is 11.1 Å². The minimum Gasteiger partial charge on any atom is -0.338 e. The molecule has 2 aliphatic rings. The first kappa shape index (κ1) is 19.2. The highest BCUT2D eigenvalue weighted by Crippen LogP contribution is 2.24. The van der Waals surface area contributed by atoms with Gasteiger partial charge in [-0.1, -0.05) is 30.3 Å². The standard InChI is InChI=1S/C22H26N4OS/c27-22(20-17-28-21(24-20)19-9-4-10-23-16-19)26-14-12-25(13-15-26)11-5-8-18-6-2-1-3-7-18/h1-4,6-7,9-10,16,20H,5,8,11-15,17H2. The number of rotatable bonds is 6. The zero-order valence-corrected chi connectivity index (χ0v) is 16.9. The first-order valence-corrected chi connectivity index (χ1v) is 10.9. The fraction of sp³-hybridized carbons (Fsp3) is 0.409. The molecule has 1 saturated heterocycles. The van der Waals surface area contributed by atoms with Gasteiger partial charge in [-0.3, -0.25) is 19.7 Å². The van der Waals surface area contributed by atoms with Crippen LogP contribution in [0.3, 0.4) is 0 Å². The summed E-state index contributed by atoms with van der Waals surface area (Å²) in [4.78, 5) is 26.1. The van der Waals surface area contributed by atoms with E-state index in [2.05, 4.69) is 45.2 Å². The van der Waals surface area contributed by atoms with Gasteiger partial charge in [-0.05, 0) is 37.1 Å². The van der Waals surface area contributed by atoms with Crippen molar-refractivity contribution in [3.63, 3.8) is 0 Å². The topological polar surface area (TPSA) is 48.8 Å². The Morgan fingerprint density at radius 1 is 1.07 bits per heavy atom. The molecular weight excluding hydrogens is 368 g/mol. The van der Waals surface area contributed by atoms with Crippen molar-refractivity contribution < 1.29 is 4.79 Å². The molecule has 0 bridgehead atoms. The van der Waals surface area contributed by atoms with Gasteiger partial charge < -0.3 is 4.90 Å². The molecule has 1 amide bonds. The maximum atomic E-state index is 12.9. The monoisotopic (exact) mass is 394 g/mol. The van der Waals surface area contributed by atoms with E-state index in [9.17, 15) is 4.79 Å². The lowest BCUT2D eigenvalue weighted by Crippen LogP contribution is -2.51. The minimum absolute atomic E-state index is 0.176. The molecule has 3 heterocycles. The number of amides is 1. The van der Waals surface area contributed by atoms with Crippen LogP contribution in [0.1, 0.15) is 17.5 Å². The predicted octanol–water partition coefficient (Wildman–Crippen LogP) is 2.72.